The number of amides is 1. The van der Waals surface area contributed by atoms with Crippen LogP contribution in [0.3, 0.4) is 0 Å². The van der Waals surface area contributed by atoms with E-state index in [0.717, 1.165) is 17.9 Å². The highest BCUT2D eigenvalue weighted by molar-refractivity contribution is 6.07. The number of nitrogens with one attached hydrogen (secondary N) is 2. The Balaban J connectivity index is 2.19. The van der Waals surface area contributed by atoms with Crippen LogP contribution < -0.4 is 10.6 Å². The zero-order chi connectivity index (χ0) is 12.8. The highest BCUT2D eigenvalue weighted by Gasteiger charge is 2.10. The lowest BCUT2D eigenvalue weighted by Gasteiger charge is -2.10. The number of nitrogens with zero attached hydrogens (tertiary/aromatic N) is 1. The molecule has 0 aliphatic carbocycles. The predicted octanol–water partition coefficient (Wildman–Crippen LogP) is 2.77. The molecule has 2 N–H and O–H groups in total. The summed E-state index contributed by atoms with van der Waals surface area (Å²) in [6.07, 6.45) is 3.29. The fourth-order valence-corrected chi connectivity index (χ4v) is 1.66. The largest absolute Gasteiger partial charge is 0.385 e. The summed E-state index contributed by atoms with van der Waals surface area (Å²) in [6, 6.07) is 11.0. The molecule has 0 saturated carbocycles. The molecule has 0 aliphatic heterocycles. The molecule has 0 fully saturated rings. The number of anilines is 2. The van der Waals surface area contributed by atoms with Gasteiger partial charge in [0, 0.05) is 30.3 Å². The molecule has 1 aromatic carbocycles. The summed E-state index contributed by atoms with van der Waals surface area (Å²) in [5.74, 6) is -0.127. The first-order chi connectivity index (χ1) is 8.81. The van der Waals surface area contributed by atoms with Crippen LogP contribution in [0.4, 0.5) is 11.4 Å². The van der Waals surface area contributed by atoms with E-state index in [2.05, 4.69) is 15.6 Å². The lowest BCUT2D eigenvalue weighted by molar-refractivity contribution is 0.102. The maximum atomic E-state index is 12.1. The van der Waals surface area contributed by atoms with Crippen LogP contribution in [0.1, 0.15) is 17.3 Å². The molecule has 4 nitrogen and oxygen atoms in total. The van der Waals surface area contributed by atoms with Gasteiger partial charge in [-0.3, -0.25) is 9.78 Å². The van der Waals surface area contributed by atoms with E-state index in [1.807, 2.05) is 25.1 Å². The third-order valence-electron chi connectivity index (χ3n) is 2.48. The molecule has 0 radical (unpaired) electrons. The van der Waals surface area contributed by atoms with Gasteiger partial charge in [0.05, 0.1) is 5.56 Å². The van der Waals surface area contributed by atoms with Crippen molar-refractivity contribution < 1.29 is 4.79 Å². The third kappa shape index (κ3) is 2.85. The van der Waals surface area contributed by atoms with Gasteiger partial charge in [-0.25, -0.2) is 0 Å². The van der Waals surface area contributed by atoms with Gasteiger partial charge < -0.3 is 10.6 Å². The summed E-state index contributed by atoms with van der Waals surface area (Å²) in [7, 11) is 0. The van der Waals surface area contributed by atoms with Crippen LogP contribution in [0.15, 0.2) is 48.8 Å². The molecule has 0 spiro atoms. The van der Waals surface area contributed by atoms with Crippen molar-refractivity contribution in [1.29, 1.82) is 0 Å². The van der Waals surface area contributed by atoms with E-state index >= 15 is 0 Å². The van der Waals surface area contributed by atoms with Crippen LogP contribution in [0.25, 0.3) is 0 Å². The van der Waals surface area contributed by atoms with Gasteiger partial charge in [0.15, 0.2) is 0 Å². The van der Waals surface area contributed by atoms with Gasteiger partial charge >= 0.3 is 0 Å². The van der Waals surface area contributed by atoms with E-state index in [0.29, 0.717) is 5.56 Å². The standard InChI is InChI=1S/C14H15N3O/c1-2-16-13-6-4-3-5-12(13)14(18)17-11-7-9-15-10-8-11/h3-10,16H,2H2,1H3,(H,15,17,18). The first-order valence-corrected chi connectivity index (χ1v) is 5.85. The molecule has 1 heterocycles. The Bertz CT molecular complexity index is 526. The van der Waals surface area contributed by atoms with Gasteiger partial charge in [0.2, 0.25) is 0 Å². The van der Waals surface area contributed by atoms with Crippen LogP contribution in [-0.2, 0) is 0 Å². The van der Waals surface area contributed by atoms with Gasteiger partial charge in [-0.1, -0.05) is 12.1 Å². The Morgan fingerprint density at radius 2 is 1.89 bits per heavy atom. The van der Waals surface area contributed by atoms with E-state index < -0.39 is 0 Å². The van der Waals surface area contributed by atoms with Crippen molar-refractivity contribution in [3.05, 3.63) is 54.4 Å². The predicted molar refractivity (Wildman–Crippen MR) is 72.8 cm³/mol. The molecule has 18 heavy (non-hydrogen) atoms. The van der Waals surface area contributed by atoms with Crippen LogP contribution in [0, 0.1) is 0 Å². The minimum Gasteiger partial charge on any atom is -0.385 e. The summed E-state index contributed by atoms with van der Waals surface area (Å²) in [4.78, 5) is 16.0. The number of carbonyl (C=O) groups excluding carboxylic acids is 1. The molecule has 92 valence electrons. The molecule has 1 aromatic heterocycles. The fraction of sp³-hybridized carbons (Fsp3) is 0.143. The normalized spacial score (nSPS) is 9.83. The molecule has 0 aliphatic rings. The van der Waals surface area contributed by atoms with E-state index in [-0.39, 0.29) is 5.91 Å². The molecule has 4 heteroatoms. The van der Waals surface area contributed by atoms with Crippen molar-refractivity contribution in [2.45, 2.75) is 6.92 Å². The molecule has 0 saturated heterocycles. The molecular formula is C14H15N3O. The number of rotatable bonds is 4. The van der Waals surface area contributed by atoms with Gasteiger partial charge in [0.1, 0.15) is 0 Å². The van der Waals surface area contributed by atoms with Gasteiger partial charge in [-0.15, -0.1) is 0 Å². The topological polar surface area (TPSA) is 54.0 Å². The molecule has 1 amide bonds. The Morgan fingerprint density at radius 3 is 2.61 bits per heavy atom. The molecular weight excluding hydrogens is 226 g/mol. The molecule has 0 atom stereocenters. The maximum Gasteiger partial charge on any atom is 0.257 e. The number of hydrogen-bond donors (Lipinski definition) is 2. The first kappa shape index (κ1) is 12.1. The maximum absolute atomic E-state index is 12.1. The van der Waals surface area contributed by atoms with Crippen molar-refractivity contribution in [1.82, 2.24) is 4.98 Å². The number of benzene rings is 1. The van der Waals surface area contributed by atoms with Crippen LogP contribution in [-0.4, -0.2) is 17.4 Å². The van der Waals surface area contributed by atoms with E-state index in [4.69, 9.17) is 0 Å². The molecule has 2 rings (SSSR count). The third-order valence-corrected chi connectivity index (χ3v) is 2.48. The zero-order valence-electron chi connectivity index (χ0n) is 10.2. The fourth-order valence-electron chi connectivity index (χ4n) is 1.66. The van der Waals surface area contributed by atoms with Crippen LogP contribution >= 0.6 is 0 Å². The SMILES string of the molecule is CCNc1ccccc1C(=O)Nc1ccncc1. The average Bonchev–Trinajstić information content (AvgIpc) is 2.41. The zero-order valence-corrected chi connectivity index (χ0v) is 10.2. The highest BCUT2D eigenvalue weighted by atomic mass is 16.1. The molecule has 0 bridgehead atoms. The Morgan fingerprint density at radius 1 is 1.17 bits per heavy atom. The van der Waals surface area contributed by atoms with Crippen molar-refractivity contribution >= 4 is 17.3 Å². The van der Waals surface area contributed by atoms with Crippen molar-refractivity contribution in [3.63, 3.8) is 0 Å². The minimum atomic E-state index is -0.127. The quantitative estimate of drug-likeness (QED) is 0.865. The average molecular weight is 241 g/mol. The van der Waals surface area contributed by atoms with E-state index in [1.165, 1.54) is 0 Å². The second kappa shape index (κ2) is 5.82. The summed E-state index contributed by atoms with van der Waals surface area (Å²) in [5.41, 5.74) is 2.21. The number of para-hydroxylation sites is 1. The van der Waals surface area contributed by atoms with E-state index in [9.17, 15) is 4.79 Å². The van der Waals surface area contributed by atoms with Gasteiger partial charge in [0.25, 0.3) is 5.91 Å². The van der Waals surface area contributed by atoms with Crippen molar-refractivity contribution in [2.75, 3.05) is 17.2 Å². The Kier molecular flexibility index (Phi) is 3.91. The smallest absolute Gasteiger partial charge is 0.257 e. The van der Waals surface area contributed by atoms with Gasteiger partial charge in [-0.05, 0) is 31.2 Å². The van der Waals surface area contributed by atoms with Crippen molar-refractivity contribution in [3.8, 4) is 0 Å². The summed E-state index contributed by atoms with van der Waals surface area (Å²) < 4.78 is 0. The Hall–Kier alpha value is -2.36. The summed E-state index contributed by atoms with van der Waals surface area (Å²) >= 11 is 0. The monoisotopic (exact) mass is 241 g/mol. The summed E-state index contributed by atoms with van der Waals surface area (Å²) in [5, 5.41) is 6.01. The van der Waals surface area contributed by atoms with Crippen LogP contribution in [0.5, 0.6) is 0 Å². The molecule has 0 unspecified atom stereocenters. The summed E-state index contributed by atoms with van der Waals surface area (Å²) in [6.45, 7) is 2.77. The molecule has 2 aromatic rings. The highest BCUT2D eigenvalue weighted by Crippen LogP contribution is 2.16. The second-order valence-corrected chi connectivity index (χ2v) is 3.77. The second-order valence-electron chi connectivity index (χ2n) is 3.77. The number of aromatic nitrogens is 1. The number of pyridine rings is 1. The number of hydrogen-bond acceptors (Lipinski definition) is 3. The lowest BCUT2D eigenvalue weighted by atomic mass is 10.1. The van der Waals surface area contributed by atoms with Crippen LogP contribution in [0.2, 0.25) is 0 Å². The van der Waals surface area contributed by atoms with E-state index in [1.54, 1.807) is 30.6 Å². The van der Waals surface area contributed by atoms with Crippen molar-refractivity contribution in [2.24, 2.45) is 0 Å². The van der Waals surface area contributed by atoms with Gasteiger partial charge in [-0.2, -0.15) is 0 Å². The minimum absolute atomic E-state index is 0.127. The first-order valence-electron chi connectivity index (χ1n) is 5.85. The lowest BCUT2D eigenvalue weighted by Crippen LogP contribution is -2.14. The number of carbonyl (C=O) groups is 1. The Labute approximate surface area is 106 Å².